The first-order valence-electron chi connectivity index (χ1n) is 8.44. The molecule has 0 aromatic heterocycles. The molecule has 0 radical (unpaired) electrons. The van der Waals surface area contributed by atoms with Crippen LogP contribution in [0.25, 0.3) is 0 Å². The molecule has 1 aliphatic heterocycles. The lowest BCUT2D eigenvalue weighted by Crippen LogP contribution is -3.12. The van der Waals surface area contributed by atoms with Crippen molar-refractivity contribution in [2.24, 2.45) is 0 Å². The summed E-state index contributed by atoms with van der Waals surface area (Å²) in [7, 11) is 3.75. The largest absolute Gasteiger partial charge is 0.497 e. The van der Waals surface area contributed by atoms with E-state index >= 15 is 0 Å². The molecule has 2 aromatic carbocycles. The van der Waals surface area contributed by atoms with Gasteiger partial charge in [-0.2, -0.15) is 0 Å². The van der Waals surface area contributed by atoms with E-state index in [1.807, 2.05) is 48.2 Å². The second-order valence-electron chi connectivity index (χ2n) is 6.46. The van der Waals surface area contributed by atoms with Crippen LogP contribution in [0.3, 0.4) is 0 Å². The number of fused-ring (bicyclic) bond motifs is 1. The van der Waals surface area contributed by atoms with Crippen molar-refractivity contribution in [3.63, 3.8) is 0 Å². The Morgan fingerprint density at radius 1 is 1.25 bits per heavy atom. The Labute approximate surface area is 143 Å². The van der Waals surface area contributed by atoms with E-state index in [0.717, 1.165) is 30.9 Å². The Morgan fingerprint density at radius 2 is 2.04 bits per heavy atom. The van der Waals surface area contributed by atoms with Gasteiger partial charge >= 0.3 is 0 Å². The van der Waals surface area contributed by atoms with Gasteiger partial charge in [0.25, 0.3) is 5.91 Å². The lowest BCUT2D eigenvalue weighted by atomic mass is 10.1. The predicted molar refractivity (Wildman–Crippen MR) is 95.5 cm³/mol. The number of likely N-dealkylation sites (N-methyl/N-ethyl adjacent to an activating group) is 1. The molecule has 0 saturated carbocycles. The Balaban J connectivity index is 1.69. The van der Waals surface area contributed by atoms with Gasteiger partial charge in [-0.1, -0.05) is 30.3 Å². The summed E-state index contributed by atoms with van der Waals surface area (Å²) in [6.07, 6.45) is 0.948. The summed E-state index contributed by atoms with van der Waals surface area (Å²) < 4.78 is 5.28. The zero-order valence-corrected chi connectivity index (χ0v) is 14.6. The molecule has 1 N–H and O–H groups in total. The normalized spacial score (nSPS) is 15.7. The molecule has 3 rings (SSSR count). The number of ether oxygens (including phenoxy) is 1. The third kappa shape index (κ3) is 3.29. The van der Waals surface area contributed by atoms with Crippen LogP contribution >= 0.6 is 0 Å². The van der Waals surface area contributed by atoms with Crippen molar-refractivity contribution in [1.29, 1.82) is 0 Å². The quantitative estimate of drug-likeness (QED) is 0.908. The smallest absolute Gasteiger partial charge is 0.284 e. The molecule has 4 nitrogen and oxygen atoms in total. The molecular weight excluding hydrogens is 300 g/mol. The van der Waals surface area contributed by atoms with E-state index < -0.39 is 0 Å². The fraction of sp³-hybridized carbons (Fsp3) is 0.350. The Hall–Kier alpha value is -2.33. The summed E-state index contributed by atoms with van der Waals surface area (Å²) in [4.78, 5) is 16.1. The summed E-state index contributed by atoms with van der Waals surface area (Å²) >= 11 is 0. The van der Waals surface area contributed by atoms with Gasteiger partial charge < -0.3 is 14.5 Å². The van der Waals surface area contributed by atoms with E-state index in [9.17, 15) is 4.79 Å². The highest BCUT2D eigenvalue weighted by Crippen LogP contribution is 2.27. The fourth-order valence-corrected chi connectivity index (χ4v) is 3.27. The van der Waals surface area contributed by atoms with Crippen molar-refractivity contribution in [3.8, 4) is 5.75 Å². The van der Waals surface area contributed by atoms with Gasteiger partial charge in [0.05, 0.1) is 14.2 Å². The monoisotopic (exact) mass is 325 g/mol. The van der Waals surface area contributed by atoms with Crippen LogP contribution in [0.2, 0.25) is 0 Å². The molecule has 0 aliphatic carbocycles. The minimum Gasteiger partial charge on any atom is -0.497 e. The number of rotatable bonds is 5. The Morgan fingerprint density at radius 3 is 2.83 bits per heavy atom. The number of amides is 1. The van der Waals surface area contributed by atoms with Crippen molar-refractivity contribution >= 4 is 11.6 Å². The van der Waals surface area contributed by atoms with Crippen LogP contribution in [0.15, 0.2) is 48.5 Å². The SMILES string of the molecule is COc1cccc(C[NH+](C)[C@@H](C)C(=O)N2CCc3ccccc32)c1. The maximum atomic E-state index is 12.9. The molecule has 2 aromatic rings. The van der Waals surface area contributed by atoms with Crippen molar-refractivity contribution in [1.82, 2.24) is 0 Å². The number of para-hydroxylation sites is 1. The summed E-state index contributed by atoms with van der Waals surface area (Å²) in [6, 6.07) is 16.1. The first kappa shape index (κ1) is 16.5. The molecule has 126 valence electrons. The van der Waals surface area contributed by atoms with E-state index in [4.69, 9.17) is 4.74 Å². The first-order chi connectivity index (χ1) is 11.6. The minimum atomic E-state index is -0.0950. The number of anilines is 1. The lowest BCUT2D eigenvalue weighted by Gasteiger charge is -2.26. The molecule has 1 amide bonds. The summed E-state index contributed by atoms with van der Waals surface area (Å²) in [6.45, 7) is 3.59. The van der Waals surface area contributed by atoms with Gasteiger partial charge in [0.15, 0.2) is 6.04 Å². The van der Waals surface area contributed by atoms with Crippen LogP contribution in [0.5, 0.6) is 5.75 Å². The standard InChI is InChI=1S/C20H24N2O2/c1-15(21(2)14-16-7-6-9-18(13-16)24-3)20(23)22-12-11-17-8-4-5-10-19(17)22/h4-10,13,15H,11-12,14H2,1-3H3/p+1/t15-/m0/s1. The van der Waals surface area contributed by atoms with Crippen molar-refractivity contribution < 1.29 is 14.4 Å². The summed E-state index contributed by atoms with van der Waals surface area (Å²) in [5.41, 5.74) is 3.51. The van der Waals surface area contributed by atoms with Crippen LogP contribution in [0.1, 0.15) is 18.1 Å². The van der Waals surface area contributed by atoms with Gasteiger partial charge in [0.2, 0.25) is 0 Å². The van der Waals surface area contributed by atoms with Gasteiger partial charge in [-0.15, -0.1) is 0 Å². The van der Waals surface area contributed by atoms with E-state index in [2.05, 4.69) is 19.2 Å². The topological polar surface area (TPSA) is 34.0 Å². The highest BCUT2D eigenvalue weighted by atomic mass is 16.5. The second-order valence-corrected chi connectivity index (χ2v) is 6.46. The maximum Gasteiger partial charge on any atom is 0.284 e. The minimum absolute atomic E-state index is 0.0950. The maximum absolute atomic E-state index is 12.9. The third-order valence-electron chi connectivity index (χ3n) is 4.88. The van der Waals surface area contributed by atoms with Crippen molar-refractivity contribution in [2.75, 3.05) is 25.6 Å². The molecule has 2 atom stereocenters. The van der Waals surface area contributed by atoms with Gasteiger partial charge in [-0.3, -0.25) is 4.79 Å². The molecule has 1 unspecified atom stereocenters. The molecule has 4 heteroatoms. The van der Waals surface area contributed by atoms with Crippen LogP contribution in [-0.4, -0.2) is 32.7 Å². The van der Waals surface area contributed by atoms with E-state index in [1.54, 1.807) is 7.11 Å². The zero-order valence-electron chi connectivity index (χ0n) is 14.6. The molecule has 0 spiro atoms. The molecule has 1 aliphatic rings. The van der Waals surface area contributed by atoms with E-state index in [-0.39, 0.29) is 11.9 Å². The molecule has 24 heavy (non-hydrogen) atoms. The van der Waals surface area contributed by atoms with Gasteiger partial charge in [0, 0.05) is 17.8 Å². The van der Waals surface area contributed by atoms with Crippen molar-refractivity contribution in [2.45, 2.75) is 25.9 Å². The molecule has 0 bridgehead atoms. The third-order valence-corrected chi connectivity index (χ3v) is 4.88. The highest BCUT2D eigenvalue weighted by Gasteiger charge is 2.31. The van der Waals surface area contributed by atoms with Gasteiger partial charge in [0.1, 0.15) is 12.3 Å². The van der Waals surface area contributed by atoms with E-state index in [0.29, 0.717) is 0 Å². The average molecular weight is 325 g/mol. The fourth-order valence-electron chi connectivity index (χ4n) is 3.27. The molecule has 0 fully saturated rings. The number of nitrogens with one attached hydrogen (secondary N) is 1. The molecular formula is C20H25N2O2+. The highest BCUT2D eigenvalue weighted by molar-refractivity contribution is 5.97. The number of nitrogens with zero attached hydrogens (tertiary/aromatic N) is 1. The summed E-state index contributed by atoms with van der Waals surface area (Å²) in [5, 5.41) is 0. The number of hydrogen-bond donors (Lipinski definition) is 1. The van der Waals surface area contributed by atoms with Crippen LogP contribution in [0, 0.1) is 0 Å². The van der Waals surface area contributed by atoms with Crippen LogP contribution in [-0.2, 0) is 17.8 Å². The number of carbonyl (C=O) groups is 1. The predicted octanol–water partition coefficient (Wildman–Crippen LogP) is 1.69. The number of hydrogen-bond acceptors (Lipinski definition) is 2. The first-order valence-corrected chi connectivity index (χ1v) is 8.44. The van der Waals surface area contributed by atoms with Gasteiger partial charge in [-0.25, -0.2) is 0 Å². The number of benzene rings is 2. The van der Waals surface area contributed by atoms with E-state index in [1.165, 1.54) is 16.0 Å². The lowest BCUT2D eigenvalue weighted by molar-refractivity contribution is -0.908. The number of carbonyl (C=O) groups excluding carboxylic acids is 1. The number of methoxy groups -OCH3 is 1. The Bertz CT molecular complexity index is 729. The zero-order chi connectivity index (χ0) is 17.1. The molecule has 0 saturated heterocycles. The van der Waals surface area contributed by atoms with Gasteiger partial charge in [-0.05, 0) is 37.1 Å². The second kappa shape index (κ2) is 7.05. The summed E-state index contributed by atoms with van der Waals surface area (Å²) in [5.74, 6) is 1.05. The number of quaternary nitrogens is 1. The van der Waals surface area contributed by atoms with Crippen LogP contribution in [0.4, 0.5) is 5.69 Å². The average Bonchev–Trinajstić information content (AvgIpc) is 3.04. The van der Waals surface area contributed by atoms with Crippen LogP contribution < -0.4 is 14.5 Å². The Kier molecular flexibility index (Phi) is 4.86. The van der Waals surface area contributed by atoms with Crippen molar-refractivity contribution in [3.05, 3.63) is 59.7 Å². The molecule has 1 heterocycles.